The molecule has 0 atom stereocenters. The van der Waals surface area contributed by atoms with Crippen LogP contribution in [0.4, 0.5) is 5.69 Å². The Labute approximate surface area is 124 Å². The molecule has 0 unspecified atom stereocenters. The Morgan fingerprint density at radius 3 is 2.81 bits per heavy atom. The summed E-state index contributed by atoms with van der Waals surface area (Å²) in [6.45, 7) is 1.73. The molecule has 1 aromatic heterocycles. The monoisotopic (exact) mass is 288 g/mol. The third-order valence-electron chi connectivity index (χ3n) is 3.15. The summed E-state index contributed by atoms with van der Waals surface area (Å²) in [5, 5.41) is 3.30. The summed E-state index contributed by atoms with van der Waals surface area (Å²) in [6, 6.07) is 11.2. The smallest absolute Gasteiger partial charge is 0.250 e. The maximum atomic E-state index is 11.7. The van der Waals surface area contributed by atoms with E-state index in [0.717, 1.165) is 17.0 Å². The summed E-state index contributed by atoms with van der Waals surface area (Å²) in [4.78, 5) is 11.7. The zero-order chi connectivity index (χ0) is 15.1. The van der Waals surface area contributed by atoms with E-state index in [9.17, 15) is 4.79 Å². The number of aromatic nitrogens is 1. The molecule has 0 fully saturated rings. The van der Waals surface area contributed by atoms with Crippen molar-refractivity contribution in [2.75, 3.05) is 26.1 Å². The number of benzene rings is 1. The summed E-state index contributed by atoms with van der Waals surface area (Å²) in [7, 11) is 3.27. The van der Waals surface area contributed by atoms with Gasteiger partial charge in [-0.05, 0) is 23.8 Å². The van der Waals surface area contributed by atoms with Gasteiger partial charge in [0.15, 0.2) is 0 Å². The topological polar surface area (TPSA) is 52.5 Å². The summed E-state index contributed by atoms with van der Waals surface area (Å²) in [6.07, 6.45) is 1.81. The van der Waals surface area contributed by atoms with E-state index in [0.29, 0.717) is 19.7 Å². The Bertz CT molecular complexity index is 637. The molecule has 0 radical (unpaired) electrons. The van der Waals surface area contributed by atoms with Crippen LogP contribution in [0.15, 0.2) is 47.4 Å². The SMILES string of the molecule is COCCn1cc(NCc2cccc(OC)c2)ccc1=O. The van der Waals surface area contributed by atoms with E-state index in [1.807, 2.05) is 30.5 Å². The predicted molar refractivity (Wildman–Crippen MR) is 82.9 cm³/mol. The van der Waals surface area contributed by atoms with Crippen molar-refractivity contribution in [3.05, 3.63) is 58.5 Å². The van der Waals surface area contributed by atoms with Crippen molar-refractivity contribution in [3.63, 3.8) is 0 Å². The van der Waals surface area contributed by atoms with Crippen molar-refractivity contribution in [3.8, 4) is 5.75 Å². The number of anilines is 1. The first-order valence-corrected chi connectivity index (χ1v) is 6.79. The van der Waals surface area contributed by atoms with Crippen LogP contribution in [-0.2, 0) is 17.8 Å². The maximum absolute atomic E-state index is 11.7. The summed E-state index contributed by atoms with van der Waals surface area (Å²) < 4.78 is 11.8. The second-order valence-electron chi connectivity index (χ2n) is 4.65. The quantitative estimate of drug-likeness (QED) is 0.848. The van der Waals surface area contributed by atoms with Crippen LogP contribution in [0.5, 0.6) is 5.75 Å². The molecule has 112 valence electrons. The van der Waals surface area contributed by atoms with Gasteiger partial charge in [0.25, 0.3) is 5.56 Å². The Morgan fingerprint density at radius 1 is 1.19 bits per heavy atom. The highest BCUT2D eigenvalue weighted by Gasteiger charge is 2.00. The van der Waals surface area contributed by atoms with Crippen LogP contribution in [0.3, 0.4) is 0 Å². The molecule has 5 nitrogen and oxygen atoms in total. The average molecular weight is 288 g/mol. The Hall–Kier alpha value is -2.27. The molecule has 0 spiro atoms. The third kappa shape index (κ3) is 4.36. The molecular weight excluding hydrogens is 268 g/mol. The summed E-state index contributed by atoms with van der Waals surface area (Å²) in [5.41, 5.74) is 1.98. The van der Waals surface area contributed by atoms with Gasteiger partial charge in [0, 0.05) is 32.5 Å². The minimum absolute atomic E-state index is 0.0287. The van der Waals surface area contributed by atoms with Crippen molar-refractivity contribution in [1.82, 2.24) is 4.57 Å². The van der Waals surface area contributed by atoms with E-state index in [4.69, 9.17) is 9.47 Å². The first-order chi connectivity index (χ1) is 10.2. The molecule has 2 aromatic rings. The van der Waals surface area contributed by atoms with Crippen LogP contribution in [0.2, 0.25) is 0 Å². The largest absolute Gasteiger partial charge is 0.497 e. The fourth-order valence-electron chi connectivity index (χ4n) is 1.99. The van der Waals surface area contributed by atoms with Crippen molar-refractivity contribution in [2.24, 2.45) is 0 Å². The lowest BCUT2D eigenvalue weighted by Gasteiger charge is -2.10. The van der Waals surface area contributed by atoms with E-state index in [2.05, 4.69) is 5.32 Å². The second kappa shape index (κ2) is 7.50. The van der Waals surface area contributed by atoms with Crippen LogP contribution in [0, 0.1) is 0 Å². The maximum Gasteiger partial charge on any atom is 0.250 e. The number of ether oxygens (including phenoxy) is 2. The van der Waals surface area contributed by atoms with Crippen LogP contribution in [0.25, 0.3) is 0 Å². The predicted octanol–water partition coefficient (Wildman–Crippen LogP) is 2.12. The van der Waals surface area contributed by atoms with E-state index in [1.165, 1.54) is 0 Å². The van der Waals surface area contributed by atoms with E-state index in [-0.39, 0.29) is 5.56 Å². The number of rotatable bonds is 7. The Morgan fingerprint density at radius 2 is 2.05 bits per heavy atom. The number of hydrogen-bond donors (Lipinski definition) is 1. The Kier molecular flexibility index (Phi) is 5.40. The molecule has 0 aliphatic carbocycles. The van der Waals surface area contributed by atoms with Gasteiger partial charge >= 0.3 is 0 Å². The normalized spacial score (nSPS) is 10.4. The van der Waals surface area contributed by atoms with Gasteiger partial charge in [0.1, 0.15) is 5.75 Å². The standard InChI is InChI=1S/C16H20N2O3/c1-20-9-8-18-12-14(6-7-16(18)19)17-11-13-4-3-5-15(10-13)21-2/h3-7,10,12,17H,8-9,11H2,1-2H3. The molecule has 0 bridgehead atoms. The number of methoxy groups -OCH3 is 2. The van der Waals surface area contributed by atoms with Crippen molar-refractivity contribution < 1.29 is 9.47 Å². The summed E-state index contributed by atoms with van der Waals surface area (Å²) >= 11 is 0. The van der Waals surface area contributed by atoms with Gasteiger partial charge in [-0.25, -0.2) is 0 Å². The number of pyridine rings is 1. The third-order valence-corrected chi connectivity index (χ3v) is 3.15. The van der Waals surface area contributed by atoms with Crippen molar-refractivity contribution in [2.45, 2.75) is 13.1 Å². The number of hydrogen-bond acceptors (Lipinski definition) is 4. The Balaban J connectivity index is 2.03. The zero-order valence-electron chi connectivity index (χ0n) is 12.3. The first-order valence-electron chi connectivity index (χ1n) is 6.79. The van der Waals surface area contributed by atoms with Gasteiger partial charge in [-0.1, -0.05) is 12.1 Å². The van der Waals surface area contributed by atoms with Crippen LogP contribution in [-0.4, -0.2) is 25.4 Å². The second-order valence-corrected chi connectivity index (χ2v) is 4.65. The van der Waals surface area contributed by atoms with Crippen molar-refractivity contribution in [1.29, 1.82) is 0 Å². The van der Waals surface area contributed by atoms with Crippen LogP contribution >= 0.6 is 0 Å². The molecule has 1 heterocycles. The first kappa shape index (κ1) is 15.1. The molecule has 0 saturated carbocycles. The molecule has 0 saturated heterocycles. The number of nitrogens with one attached hydrogen (secondary N) is 1. The van der Waals surface area contributed by atoms with E-state index in [1.54, 1.807) is 30.9 Å². The fraction of sp³-hybridized carbons (Fsp3) is 0.312. The van der Waals surface area contributed by atoms with E-state index >= 15 is 0 Å². The lowest BCUT2D eigenvalue weighted by molar-refractivity contribution is 0.186. The molecule has 21 heavy (non-hydrogen) atoms. The average Bonchev–Trinajstić information content (AvgIpc) is 2.53. The van der Waals surface area contributed by atoms with Crippen molar-refractivity contribution >= 4 is 5.69 Å². The molecule has 5 heteroatoms. The highest BCUT2D eigenvalue weighted by atomic mass is 16.5. The van der Waals surface area contributed by atoms with Gasteiger partial charge in [-0.3, -0.25) is 4.79 Å². The zero-order valence-corrected chi connectivity index (χ0v) is 12.3. The van der Waals surface area contributed by atoms with Crippen LogP contribution in [0.1, 0.15) is 5.56 Å². The highest BCUT2D eigenvalue weighted by molar-refractivity contribution is 5.41. The molecule has 0 aliphatic rings. The van der Waals surface area contributed by atoms with Gasteiger partial charge < -0.3 is 19.4 Å². The minimum Gasteiger partial charge on any atom is -0.497 e. The van der Waals surface area contributed by atoms with Gasteiger partial charge in [-0.2, -0.15) is 0 Å². The van der Waals surface area contributed by atoms with Gasteiger partial charge in [0.05, 0.1) is 19.4 Å². The van der Waals surface area contributed by atoms with Crippen LogP contribution < -0.4 is 15.6 Å². The molecular formula is C16H20N2O3. The molecule has 1 N–H and O–H groups in total. The lowest BCUT2D eigenvalue weighted by atomic mass is 10.2. The molecule has 1 aromatic carbocycles. The summed E-state index contributed by atoms with van der Waals surface area (Å²) in [5.74, 6) is 0.833. The fourth-order valence-corrected chi connectivity index (χ4v) is 1.99. The number of nitrogens with zero attached hydrogens (tertiary/aromatic N) is 1. The molecule has 2 rings (SSSR count). The molecule has 0 aliphatic heterocycles. The van der Waals surface area contributed by atoms with Gasteiger partial charge in [-0.15, -0.1) is 0 Å². The lowest BCUT2D eigenvalue weighted by Crippen LogP contribution is -2.21. The highest BCUT2D eigenvalue weighted by Crippen LogP contribution is 2.14. The van der Waals surface area contributed by atoms with Gasteiger partial charge in [0.2, 0.25) is 0 Å². The molecule has 0 amide bonds. The van der Waals surface area contributed by atoms with E-state index < -0.39 is 0 Å². The minimum atomic E-state index is -0.0287.